The van der Waals surface area contributed by atoms with Crippen LogP contribution in [0.1, 0.15) is 12.5 Å². The summed E-state index contributed by atoms with van der Waals surface area (Å²) in [7, 11) is 0. The van der Waals surface area contributed by atoms with Crippen molar-refractivity contribution in [1.82, 2.24) is 0 Å². The number of phenolic OH excluding ortho intramolecular Hbond substituents is 1. The Morgan fingerprint density at radius 2 is 2.25 bits per heavy atom. The first-order valence-electron chi connectivity index (χ1n) is 3.92. The largest absolute Gasteiger partial charge is 0.508 e. The van der Waals surface area contributed by atoms with Crippen LogP contribution in [0.3, 0.4) is 0 Å². The zero-order chi connectivity index (χ0) is 8.97. The summed E-state index contributed by atoms with van der Waals surface area (Å²) in [4.78, 5) is 0. The molecule has 12 heavy (non-hydrogen) atoms. The summed E-state index contributed by atoms with van der Waals surface area (Å²) in [6.45, 7) is 2.90. The van der Waals surface area contributed by atoms with E-state index in [0.29, 0.717) is 13.2 Å². The fourth-order valence-corrected chi connectivity index (χ4v) is 1.02. The second-order valence-corrected chi connectivity index (χ2v) is 2.43. The highest BCUT2D eigenvalue weighted by atomic mass is 16.5. The number of phenols is 1. The summed E-state index contributed by atoms with van der Waals surface area (Å²) < 4.78 is 5.29. The Kier molecular flexibility index (Phi) is 2.94. The third-order valence-electron chi connectivity index (χ3n) is 1.56. The van der Waals surface area contributed by atoms with Crippen LogP contribution in [0.2, 0.25) is 0 Å². The molecule has 0 aliphatic heterocycles. The number of nitrogens with two attached hydrogens (primary N) is 1. The Balaban J connectivity index is 2.94. The average molecular weight is 167 g/mol. The monoisotopic (exact) mass is 167 g/mol. The minimum atomic E-state index is 0.221. The van der Waals surface area contributed by atoms with Gasteiger partial charge in [-0.05, 0) is 25.1 Å². The molecule has 0 fully saturated rings. The van der Waals surface area contributed by atoms with Crippen LogP contribution in [-0.2, 0) is 6.54 Å². The first-order valence-corrected chi connectivity index (χ1v) is 3.92. The van der Waals surface area contributed by atoms with E-state index in [1.165, 1.54) is 0 Å². The standard InChI is InChI=1S/C9H13NO2/c1-2-12-9-4-3-8(11)5-7(9)6-10/h3-5,11H,2,6,10H2,1H3. The van der Waals surface area contributed by atoms with E-state index in [4.69, 9.17) is 15.6 Å². The van der Waals surface area contributed by atoms with Crippen LogP contribution < -0.4 is 10.5 Å². The maximum atomic E-state index is 9.13. The van der Waals surface area contributed by atoms with E-state index in [9.17, 15) is 0 Å². The van der Waals surface area contributed by atoms with E-state index in [0.717, 1.165) is 11.3 Å². The van der Waals surface area contributed by atoms with Gasteiger partial charge in [0.25, 0.3) is 0 Å². The van der Waals surface area contributed by atoms with E-state index >= 15 is 0 Å². The van der Waals surface area contributed by atoms with Crippen molar-refractivity contribution in [2.24, 2.45) is 5.73 Å². The second-order valence-electron chi connectivity index (χ2n) is 2.43. The lowest BCUT2D eigenvalue weighted by Gasteiger charge is -2.08. The number of rotatable bonds is 3. The minimum absolute atomic E-state index is 0.221. The topological polar surface area (TPSA) is 55.5 Å². The quantitative estimate of drug-likeness (QED) is 0.712. The first-order chi connectivity index (χ1) is 5.77. The molecule has 3 heteroatoms. The molecule has 1 rings (SSSR count). The molecule has 0 aliphatic carbocycles. The van der Waals surface area contributed by atoms with Gasteiger partial charge in [0.05, 0.1) is 6.61 Å². The number of benzene rings is 1. The van der Waals surface area contributed by atoms with Crippen LogP contribution in [-0.4, -0.2) is 11.7 Å². The maximum absolute atomic E-state index is 9.13. The summed E-state index contributed by atoms with van der Waals surface area (Å²) in [5, 5.41) is 9.13. The Labute approximate surface area is 71.8 Å². The summed E-state index contributed by atoms with van der Waals surface area (Å²) in [6, 6.07) is 4.93. The summed E-state index contributed by atoms with van der Waals surface area (Å²) in [6.07, 6.45) is 0. The van der Waals surface area contributed by atoms with Gasteiger partial charge in [0.1, 0.15) is 11.5 Å². The molecular formula is C9H13NO2. The third-order valence-corrected chi connectivity index (χ3v) is 1.56. The second kappa shape index (κ2) is 3.97. The maximum Gasteiger partial charge on any atom is 0.124 e. The molecule has 0 saturated heterocycles. The van der Waals surface area contributed by atoms with Gasteiger partial charge in [-0.15, -0.1) is 0 Å². The van der Waals surface area contributed by atoms with E-state index < -0.39 is 0 Å². The predicted octanol–water partition coefficient (Wildman–Crippen LogP) is 1.25. The molecule has 0 aromatic heterocycles. The smallest absolute Gasteiger partial charge is 0.124 e. The highest BCUT2D eigenvalue weighted by molar-refractivity contribution is 5.39. The van der Waals surface area contributed by atoms with Crippen LogP contribution in [0.15, 0.2) is 18.2 Å². The fraction of sp³-hybridized carbons (Fsp3) is 0.333. The SMILES string of the molecule is CCOc1ccc(O)cc1CN. The van der Waals surface area contributed by atoms with Crippen LogP contribution in [0.5, 0.6) is 11.5 Å². The van der Waals surface area contributed by atoms with Gasteiger partial charge < -0.3 is 15.6 Å². The molecule has 0 amide bonds. The molecular weight excluding hydrogens is 154 g/mol. The van der Waals surface area contributed by atoms with E-state index in [1.54, 1.807) is 18.2 Å². The molecule has 0 heterocycles. The minimum Gasteiger partial charge on any atom is -0.508 e. The molecule has 1 aromatic rings. The van der Waals surface area contributed by atoms with Gasteiger partial charge in [0.2, 0.25) is 0 Å². The van der Waals surface area contributed by atoms with E-state index in [2.05, 4.69) is 0 Å². The molecule has 3 nitrogen and oxygen atoms in total. The molecule has 3 N–H and O–H groups in total. The zero-order valence-electron chi connectivity index (χ0n) is 7.08. The summed E-state index contributed by atoms with van der Waals surface area (Å²) in [5.41, 5.74) is 6.29. The van der Waals surface area contributed by atoms with Gasteiger partial charge in [-0.1, -0.05) is 0 Å². The fourth-order valence-electron chi connectivity index (χ4n) is 1.02. The van der Waals surface area contributed by atoms with E-state index in [1.807, 2.05) is 6.92 Å². The molecule has 0 aliphatic rings. The Hall–Kier alpha value is -1.22. The van der Waals surface area contributed by atoms with Crippen LogP contribution in [0.4, 0.5) is 0 Å². The highest BCUT2D eigenvalue weighted by Crippen LogP contribution is 2.22. The molecule has 0 saturated carbocycles. The average Bonchev–Trinajstić information content (AvgIpc) is 2.08. The van der Waals surface area contributed by atoms with Gasteiger partial charge in [-0.3, -0.25) is 0 Å². The lowest BCUT2D eigenvalue weighted by molar-refractivity contribution is 0.335. The zero-order valence-corrected chi connectivity index (χ0v) is 7.08. The van der Waals surface area contributed by atoms with Gasteiger partial charge in [-0.2, -0.15) is 0 Å². The van der Waals surface area contributed by atoms with Gasteiger partial charge in [0.15, 0.2) is 0 Å². The summed E-state index contributed by atoms with van der Waals surface area (Å²) in [5.74, 6) is 0.969. The third kappa shape index (κ3) is 1.89. The number of ether oxygens (including phenoxy) is 1. The van der Waals surface area contributed by atoms with Crippen molar-refractivity contribution < 1.29 is 9.84 Å². The molecule has 66 valence electrons. The van der Waals surface area contributed by atoms with Crippen molar-refractivity contribution >= 4 is 0 Å². The Morgan fingerprint density at radius 3 is 2.83 bits per heavy atom. The van der Waals surface area contributed by atoms with E-state index in [-0.39, 0.29) is 5.75 Å². The lowest BCUT2D eigenvalue weighted by Crippen LogP contribution is -2.01. The van der Waals surface area contributed by atoms with Gasteiger partial charge >= 0.3 is 0 Å². The summed E-state index contributed by atoms with van der Waals surface area (Å²) >= 11 is 0. The van der Waals surface area contributed by atoms with Crippen LogP contribution in [0.25, 0.3) is 0 Å². The Bertz CT molecular complexity index is 261. The normalized spacial score (nSPS) is 9.83. The molecule has 0 unspecified atom stereocenters. The van der Waals surface area contributed by atoms with Gasteiger partial charge in [-0.25, -0.2) is 0 Å². The van der Waals surface area contributed by atoms with Crippen LogP contribution in [0, 0.1) is 0 Å². The van der Waals surface area contributed by atoms with Crippen LogP contribution >= 0.6 is 0 Å². The highest BCUT2D eigenvalue weighted by Gasteiger charge is 2.01. The first kappa shape index (κ1) is 8.87. The predicted molar refractivity (Wildman–Crippen MR) is 47.2 cm³/mol. The molecule has 0 radical (unpaired) electrons. The van der Waals surface area contributed by atoms with Gasteiger partial charge in [0, 0.05) is 12.1 Å². The number of hydrogen-bond acceptors (Lipinski definition) is 3. The van der Waals surface area contributed by atoms with Crippen molar-refractivity contribution in [3.05, 3.63) is 23.8 Å². The molecule has 0 spiro atoms. The molecule has 0 bridgehead atoms. The van der Waals surface area contributed by atoms with Crippen molar-refractivity contribution in [1.29, 1.82) is 0 Å². The molecule has 0 atom stereocenters. The van der Waals surface area contributed by atoms with Crippen molar-refractivity contribution in [2.75, 3.05) is 6.61 Å². The van der Waals surface area contributed by atoms with Crippen molar-refractivity contribution in [3.8, 4) is 11.5 Å². The number of hydrogen-bond donors (Lipinski definition) is 2. The van der Waals surface area contributed by atoms with Crippen molar-refractivity contribution in [3.63, 3.8) is 0 Å². The Morgan fingerprint density at radius 1 is 1.50 bits per heavy atom. The lowest BCUT2D eigenvalue weighted by atomic mass is 10.2. The molecule has 1 aromatic carbocycles. The number of aromatic hydroxyl groups is 1. The van der Waals surface area contributed by atoms with Crippen molar-refractivity contribution in [2.45, 2.75) is 13.5 Å².